The largest absolute Gasteiger partial charge is 0.477 e. The molecule has 3 fully saturated rings. The van der Waals surface area contributed by atoms with Crippen LogP contribution in [0.25, 0.3) is 0 Å². The minimum Gasteiger partial charge on any atom is -0.477 e. The van der Waals surface area contributed by atoms with Gasteiger partial charge in [0, 0.05) is 6.92 Å². The highest BCUT2D eigenvalue weighted by atomic mass is 16.7. The molecule has 22 heteroatoms. The van der Waals surface area contributed by atoms with Gasteiger partial charge >= 0.3 is 5.97 Å². The van der Waals surface area contributed by atoms with E-state index in [9.17, 15) is 91.3 Å². The number of carbonyl (C=O) groups is 2. The Balaban J connectivity index is 2.38. The molecule has 1 amide bonds. The number of aliphatic hydroxyl groups excluding tert-OH is 11. The van der Waals surface area contributed by atoms with Crippen LogP contribution in [-0.2, 0) is 23.8 Å². The lowest BCUT2D eigenvalue weighted by atomic mass is 9.62. The Morgan fingerprint density at radius 2 is 1.27 bits per heavy atom. The topological polar surface area (TPSA) is 398 Å². The number of nitrogens with one attached hydrogen (secondary N) is 1. The Morgan fingerprint density at radius 1 is 0.756 bits per heavy atom. The summed E-state index contributed by atoms with van der Waals surface area (Å²) in [4.78, 5) is 24.6. The zero-order chi connectivity index (χ0) is 34.6. The van der Waals surface area contributed by atoms with E-state index in [2.05, 4.69) is 0 Å². The van der Waals surface area contributed by atoms with Crippen LogP contribution in [0.4, 0.5) is 0 Å². The monoisotopic (exact) mass is 665 g/mol. The Morgan fingerprint density at radius 3 is 1.73 bits per heavy atom. The SMILES string of the molecule is CC(=O)N[C@@H]1[C@@H](O)C([C@]2(O)O[C@H](CO)[C@H](O)[C@H](O)[C@@]2(O)C2(O)O[C@H](CO)[C@@H](O)[C@H](O)[C@H]2O)[C@](O)(C(=O)O)O[C@H]1C(O)[C@H](O)CO. The zero-order valence-corrected chi connectivity index (χ0v) is 23.3. The second-order valence-electron chi connectivity index (χ2n) is 11.2. The lowest BCUT2D eigenvalue weighted by Crippen LogP contribution is -2.90. The fraction of sp³-hybridized carbons (Fsp3) is 0.913. The third-order valence-electron chi connectivity index (χ3n) is 8.52. The molecule has 17 atom stereocenters. The summed E-state index contributed by atoms with van der Waals surface area (Å²) in [5.41, 5.74) is -4.41. The van der Waals surface area contributed by atoms with Gasteiger partial charge < -0.3 is 101 Å². The van der Waals surface area contributed by atoms with Gasteiger partial charge in [-0.1, -0.05) is 0 Å². The first kappa shape index (κ1) is 37.7. The molecule has 3 aliphatic rings. The van der Waals surface area contributed by atoms with Gasteiger partial charge in [-0.3, -0.25) is 4.79 Å². The summed E-state index contributed by atoms with van der Waals surface area (Å²) in [6, 6.07) is -2.25. The van der Waals surface area contributed by atoms with Crippen LogP contribution in [0.2, 0.25) is 0 Å². The van der Waals surface area contributed by atoms with Gasteiger partial charge in [0.1, 0.15) is 67.0 Å². The van der Waals surface area contributed by atoms with E-state index in [1.807, 2.05) is 5.32 Å². The zero-order valence-electron chi connectivity index (χ0n) is 23.3. The van der Waals surface area contributed by atoms with E-state index in [1.54, 1.807) is 0 Å². The minimum absolute atomic E-state index is 0.812. The maximum atomic E-state index is 12.5. The van der Waals surface area contributed by atoms with Crippen LogP contribution in [-0.4, -0.2) is 210 Å². The number of ether oxygens (including phenoxy) is 3. The molecule has 0 radical (unpaired) electrons. The summed E-state index contributed by atoms with van der Waals surface area (Å²) in [5, 5.41) is 173. The molecule has 22 nitrogen and oxygen atoms in total. The Hall–Kier alpha value is -1.78. The number of carboxylic acids is 1. The number of aliphatic carboxylic acids is 1. The first-order valence-electron chi connectivity index (χ1n) is 13.4. The summed E-state index contributed by atoms with van der Waals surface area (Å²) < 4.78 is 15.2. The number of carboxylic acid groups (broad SMARTS) is 1. The molecule has 45 heavy (non-hydrogen) atoms. The predicted octanol–water partition coefficient (Wildman–Crippen LogP) is -11.0. The fourth-order valence-corrected chi connectivity index (χ4v) is 6.12. The quantitative estimate of drug-likeness (QED) is 0.109. The third-order valence-corrected chi connectivity index (χ3v) is 8.52. The number of carbonyl (C=O) groups excluding carboxylic acids is 1. The Labute approximate surface area is 252 Å². The van der Waals surface area contributed by atoms with Gasteiger partial charge in [-0.05, 0) is 0 Å². The number of hydrogen-bond acceptors (Lipinski definition) is 20. The molecular formula is C23H39NO21. The van der Waals surface area contributed by atoms with Crippen molar-refractivity contribution in [2.75, 3.05) is 19.8 Å². The molecule has 3 unspecified atom stereocenters. The normalized spacial score (nSPS) is 50.4. The molecule has 0 aromatic rings. The summed E-state index contributed by atoms with van der Waals surface area (Å²) in [7, 11) is 0. The molecule has 0 aromatic carbocycles. The molecule has 0 aromatic heterocycles. The summed E-state index contributed by atoms with van der Waals surface area (Å²) in [6.07, 6.45) is -28.1. The van der Waals surface area contributed by atoms with Crippen LogP contribution in [0.15, 0.2) is 0 Å². The predicted molar refractivity (Wildman–Crippen MR) is 132 cm³/mol. The second-order valence-corrected chi connectivity index (χ2v) is 11.2. The van der Waals surface area contributed by atoms with Crippen molar-refractivity contribution in [3.8, 4) is 0 Å². The Bertz CT molecular complexity index is 1080. The maximum Gasteiger partial charge on any atom is 0.364 e. The van der Waals surface area contributed by atoms with Crippen molar-refractivity contribution in [1.82, 2.24) is 5.32 Å². The summed E-state index contributed by atoms with van der Waals surface area (Å²) >= 11 is 0. The van der Waals surface area contributed by atoms with E-state index >= 15 is 0 Å². The van der Waals surface area contributed by atoms with Crippen molar-refractivity contribution in [1.29, 1.82) is 0 Å². The lowest BCUT2D eigenvalue weighted by molar-refractivity contribution is -0.515. The third kappa shape index (κ3) is 5.52. The molecule has 0 spiro atoms. The van der Waals surface area contributed by atoms with Gasteiger partial charge in [0.25, 0.3) is 5.79 Å². The molecule has 3 heterocycles. The standard InChI is InChI=1S/C23H39NO21/c1-5(28)24-9-13(33)16(20(39,19(37)38)45-15(9)10(30)6(29)2-25)22(41)21(40,17(35)12(32)8(4-27)43-22)23(42)18(36)14(34)11(31)7(3-26)44-23/h6-18,25-27,29-36,39-42H,2-4H2,1H3,(H,24,28)(H,37,38)/t6-,7-,8-,9-,10?,11-,12+,13-,14+,15-,16?,17+,18-,20-,21+,22+,23?/m1/s1. The van der Waals surface area contributed by atoms with E-state index in [0.717, 1.165) is 6.92 Å². The smallest absolute Gasteiger partial charge is 0.364 e. The van der Waals surface area contributed by atoms with E-state index in [1.165, 1.54) is 0 Å². The second kappa shape index (κ2) is 13.0. The fourth-order valence-electron chi connectivity index (χ4n) is 6.12. The molecule has 0 saturated carbocycles. The van der Waals surface area contributed by atoms with E-state index in [-0.39, 0.29) is 0 Å². The van der Waals surface area contributed by atoms with Crippen molar-refractivity contribution in [3.63, 3.8) is 0 Å². The summed E-state index contributed by atoms with van der Waals surface area (Å²) in [6.45, 7) is -3.12. The summed E-state index contributed by atoms with van der Waals surface area (Å²) in [5.74, 6) is -19.7. The van der Waals surface area contributed by atoms with Crippen LogP contribution in [0, 0.1) is 5.92 Å². The van der Waals surface area contributed by atoms with Crippen LogP contribution in [0.3, 0.4) is 0 Å². The lowest BCUT2D eigenvalue weighted by Gasteiger charge is -2.65. The van der Waals surface area contributed by atoms with Gasteiger partial charge in [-0.25, -0.2) is 4.79 Å². The van der Waals surface area contributed by atoms with Crippen LogP contribution in [0.5, 0.6) is 0 Å². The number of amides is 1. The van der Waals surface area contributed by atoms with Crippen molar-refractivity contribution in [2.45, 2.75) is 103 Å². The highest BCUT2D eigenvalue weighted by Gasteiger charge is 2.83. The number of hydrogen-bond donors (Lipinski definition) is 17. The van der Waals surface area contributed by atoms with Gasteiger partial charge in [0.05, 0.1) is 32.0 Å². The van der Waals surface area contributed by atoms with Crippen molar-refractivity contribution >= 4 is 11.9 Å². The molecule has 17 N–H and O–H groups in total. The minimum atomic E-state index is -4.41. The van der Waals surface area contributed by atoms with Crippen molar-refractivity contribution < 1.29 is 106 Å². The van der Waals surface area contributed by atoms with Crippen molar-refractivity contribution in [2.24, 2.45) is 5.92 Å². The van der Waals surface area contributed by atoms with E-state index < -0.39 is 134 Å². The molecule has 0 bridgehead atoms. The highest BCUT2D eigenvalue weighted by molar-refractivity contribution is 5.77. The maximum absolute atomic E-state index is 12.5. The first-order valence-corrected chi connectivity index (χ1v) is 13.4. The number of rotatable bonds is 9. The average Bonchev–Trinajstić information content (AvgIpc) is 2.98. The van der Waals surface area contributed by atoms with Gasteiger partial charge in [0.2, 0.25) is 23.1 Å². The molecule has 262 valence electrons. The van der Waals surface area contributed by atoms with Gasteiger partial charge in [-0.2, -0.15) is 0 Å². The number of aliphatic hydroxyl groups is 15. The molecule has 3 saturated heterocycles. The highest BCUT2D eigenvalue weighted by Crippen LogP contribution is 2.55. The molecular weight excluding hydrogens is 626 g/mol. The Kier molecular flexibility index (Phi) is 10.9. The molecule has 3 aliphatic heterocycles. The van der Waals surface area contributed by atoms with E-state index in [0.29, 0.717) is 0 Å². The first-order chi connectivity index (χ1) is 20.7. The van der Waals surface area contributed by atoms with Crippen LogP contribution < -0.4 is 5.32 Å². The van der Waals surface area contributed by atoms with E-state index in [4.69, 9.17) is 14.2 Å². The van der Waals surface area contributed by atoms with Gasteiger partial charge in [0.15, 0.2) is 0 Å². The average molecular weight is 666 g/mol. The molecule has 0 aliphatic carbocycles. The van der Waals surface area contributed by atoms with Gasteiger partial charge in [-0.15, -0.1) is 0 Å². The molecule has 3 rings (SSSR count). The van der Waals surface area contributed by atoms with Crippen molar-refractivity contribution in [3.05, 3.63) is 0 Å². The van der Waals surface area contributed by atoms with Crippen LogP contribution in [0.1, 0.15) is 6.92 Å². The van der Waals surface area contributed by atoms with Crippen LogP contribution >= 0.6 is 0 Å².